The van der Waals surface area contributed by atoms with Crippen molar-refractivity contribution in [1.82, 2.24) is 5.06 Å². The van der Waals surface area contributed by atoms with Gasteiger partial charge in [0.1, 0.15) is 6.10 Å². The molecule has 1 aromatic rings. The van der Waals surface area contributed by atoms with Crippen LogP contribution in [0.5, 0.6) is 0 Å². The minimum absolute atomic E-state index is 0.0126. The highest BCUT2D eigenvalue weighted by Crippen LogP contribution is 2.32. The number of benzene rings is 1. The van der Waals surface area contributed by atoms with Gasteiger partial charge in [-0.05, 0) is 18.4 Å². The molecule has 4 nitrogen and oxygen atoms in total. The molecule has 0 bridgehead atoms. The van der Waals surface area contributed by atoms with Crippen LogP contribution < -0.4 is 0 Å². The van der Waals surface area contributed by atoms with E-state index in [0.29, 0.717) is 0 Å². The summed E-state index contributed by atoms with van der Waals surface area (Å²) in [5.41, 5.74) is 1.04. The maximum Gasteiger partial charge on any atom is 0.104 e. The van der Waals surface area contributed by atoms with Gasteiger partial charge < -0.3 is 10.2 Å². The van der Waals surface area contributed by atoms with Crippen LogP contribution in [0.25, 0.3) is 0 Å². The molecule has 1 fully saturated rings. The summed E-state index contributed by atoms with van der Waals surface area (Å²) in [6.07, 6.45) is 1.61. The minimum atomic E-state index is -0.160. The number of nitrogens with zero attached hydrogens (tertiary/aromatic N) is 1. The maximum absolute atomic E-state index is 9.63. The monoisotopic (exact) mass is 251 g/mol. The molecule has 0 amide bonds. The second-order valence-corrected chi connectivity index (χ2v) is 4.68. The van der Waals surface area contributed by atoms with E-state index in [1.165, 1.54) is 0 Å². The van der Waals surface area contributed by atoms with Gasteiger partial charge in [0.15, 0.2) is 0 Å². The number of aliphatic hydroxyl groups is 2. The van der Waals surface area contributed by atoms with Gasteiger partial charge in [-0.2, -0.15) is 5.06 Å². The number of hydroxylamine groups is 2. The molecule has 3 atom stereocenters. The first-order chi connectivity index (χ1) is 8.80. The Bertz CT molecular complexity index is 357. The molecule has 18 heavy (non-hydrogen) atoms. The fourth-order valence-electron chi connectivity index (χ4n) is 2.50. The van der Waals surface area contributed by atoms with Crippen molar-refractivity contribution in [3.8, 4) is 0 Å². The molecule has 0 aromatic heterocycles. The molecule has 0 unspecified atom stereocenters. The maximum atomic E-state index is 9.63. The molecule has 0 spiro atoms. The summed E-state index contributed by atoms with van der Waals surface area (Å²) in [5, 5.41) is 20.7. The van der Waals surface area contributed by atoms with Crippen LogP contribution in [0.3, 0.4) is 0 Å². The minimum Gasteiger partial charge on any atom is -0.394 e. The molecule has 1 aromatic carbocycles. The van der Waals surface area contributed by atoms with Crippen LogP contribution >= 0.6 is 0 Å². The van der Waals surface area contributed by atoms with Crippen LogP contribution in [-0.4, -0.2) is 40.6 Å². The van der Waals surface area contributed by atoms with Gasteiger partial charge in [0.05, 0.1) is 19.3 Å². The third-order valence-corrected chi connectivity index (χ3v) is 3.50. The molecule has 2 N–H and O–H groups in total. The predicted molar refractivity (Wildman–Crippen MR) is 68.8 cm³/mol. The lowest BCUT2D eigenvalue weighted by Crippen LogP contribution is -2.34. The molecule has 0 saturated carbocycles. The highest BCUT2D eigenvalue weighted by Gasteiger charge is 2.36. The molecule has 1 aliphatic rings. The standard InChI is InChI=1S/C14H21NO3/c1-2-12-8-13(9-16)18-15(12)14(10-17)11-6-4-3-5-7-11/h3-7,12-14,16-17H,2,8-10H2,1H3/t12-,13+,14-/m0/s1. The van der Waals surface area contributed by atoms with E-state index < -0.39 is 0 Å². The van der Waals surface area contributed by atoms with Crippen LogP contribution in [0.4, 0.5) is 0 Å². The number of rotatable bonds is 5. The van der Waals surface area contributed by atoms with Crippen LogP contribution in [0.15, 0.2) is 30.3 Å². The fourth-order valence-corrected chi connectivity index (χ4v) is 2.50. The van der Waals surface area contributed by atoms with E-state index in [-0.39, 0.29) is 31.4 Å². The largest absolute Gasteiger partial charge is 0.394 e. The van der Waals surface area contributed by atoms with Crippen LogP contribution in [0.2, 0.25) is 0 Å². The highest BCUT2D eigenvalue weighted by molar-refractivity contribution is 5.19. The molecule has 100 valence electrons. The van der Waals surface area contributed by atoms with Crippen molar-refractivity contribution in [2.24, 2.45) is 0 Å². The van der Waals surface area contributed by atoms with Crippen molar-refractivity contribution >= 4 is 0 Å². The van der Waals surface area contributed by atoms with Crippen molar-refractivity contribution in [2.75, 3.05) is 13.2 Å². The SMILES string of the molecule is CC[C@H]1C[C@H](CO)ON1[C@@H](CO)c1ccccc1. The van der Waals surface area contributed by atoms with Gasteiger partial charge in [0.25, 0.3) is 0 Å². The van der Waals surface area contributed by atoms with E-state index in [1.54, 1.807) is 0 Å². The Morgan fingerprint density at radius 3 is 2.61 bits per heavy atom. The second-order valence-electron chi connectivity index (χ2n) is 4.68. The van der Waals surface area contributed by atoms with Gasteiger partial charge in [-0.15, -0.1) is 0 Å². The molecule has 0 aliphatic carbocycles. The Labute approximate surface area is 108 Å². The molecule has 1 aliphatic heterocycles. The molecular formula is C14H21NO3. The summed E-state index contributed by atoms with van der Waals surface area (Å²) < 4.78 is 0. The quantitative estimate of drug-likeness (QED) is 0.832. The van der Waals surface area contributed by atoms with Crippen molar-refractivity contribution in [1.29, 1.82) is 0 Å². The van der Waals surface area contributed by atoms with Gasteiger partial charge in [-0.25, -0.2) is 0 Å². The first-order valence-corrected chi connectivity index (χ1v) is 6.51. The van der Waals surface area contributed by atoms with E-state index in [4.69, 9.17) is 4.84 Å². The first kappa shape index (κ1) is 13.5. The number of hydrogen-bond acceptors (Lipinski definition) is 4. The van der Waals surface area contributed by atoms with Crippen LogP contribution in [0.1, 0.15) is 31.4 Å². The van der Waals surface area contributed by atoms with Gasteiger partial charge in [0.2, 0.25) is 0 Å². The van der Waals surface area contributed by atoms with Crippen LogP contribution in [0, 0.1) is 0 Å². The van der Waals surface area contributed by atoms with Crippen molar-refractivity contribution < 1.29 is 15.1 Å². The van der Waals surface area contributed by atoms with E-state index in [0.717, 1.165) is 18.4 Å². The third kappa shape index (κ3) is 2.72. The van der Waals surface area contributed by atoms with E-state index >= 15 is 0 Å². The average molecular weight is 251 g/mol. The lowest BCUT2D eigenvalue weighted by molar-refractivity contribution is -0.204. The topological polar surface area (TPSA) is 52.9 Å². The molecule has 4 heteroatoms. The first-order valence-electron chi connectivity index (χ1n) is 6.51. The Hall–Kier alpha value is -0.940. The lowest BCUT2D eigenvalue weighted by atomic mass is 10.0. The Kier molecular flexibility index (Phi) is 4.72. The Morgan fingerprint density at radius 1 is 1.33 bits per heavy atom. The van der Waals surface area contributed by atoms with Gasteiger partial charge in [-0.3, -0.25) is 4.84 Å². The smallest absolute Gasteiger partial charge is 0.104 e. The Morgan fingerprint density at radius 2 is 2.06 bits per heavy atom. The van der Waals surface area contributed by atoms with Crippen molar-refractivity contribution in [2.45, 2.75) is 38.0 Å². The van der Waals surface area contributed by atoms with E-state index in [2.05, 4.69) is 6.92 Å². The average Bonchev–Trinajstić information content (AvgIpc) is 2.84. The molecular weight excluding hydrogens is 230 g/mol. The zero-order valence-corrected chi connectivity index (χ0v) is 10.7. The zero-order chi connectivity index (χ0) is 13.0. The van der Waals surface area contributed by atoms with Crippen molar-refractivity contribution in [3.05, 3.63) is 35.9 Å². The summed E-state index contributed by atoms with van der Waals surface area (Å²) in [6.45, 7) is 2.14. The predicted octanol–water partition coefficient (Wildman–Crippen LogP) is 1.50. The van der Waals surface area contributed by atoms with Gasteiger partial charge in [0, 0.05) is 6.04 Å². The second kappa shape index (κ2) is 6.29. The summed E-state index contributed by atoms with van der Waals surface area (Å²) in [7, 11) is 0. The molecule has 1 heterocycles. The number of aliphatic hydroxyl groups excluding tert-OH is 2. The van der Waals surface area contributed by atoms with Gasteiger partial charge >= 0.3 is 0 Å². The fraction of sp³-hybridized carbons (Fsp3) is 0.571. The zero-order valence-electron chi connectivity index (χ0n) is 10.7. The summed E-state index contributed by atoms with van der Waals surface area (Å²) >= 11 is 0. The van der Waals surface area contributed by atoms with E-state index in [1.807, 2.05) is 35.4 Å². The van der Waals surface area contributed by atoms with Crippen molar-refractivity contribution in [3.63, 3.8) is 0 Å². The lowest BCUT2D eigenvalue weighted by Gasteiger charge is -2.30. The molecule has 2 rings (SSSR count). The normalized spacial score (nSPS) is 26.4. The summed E-state index contributed by atoms with van der Waals surface area (Å²) in [5.74, 6) is 0. The molecule has 1 saturated heterocycles. The summed E-state index contributed by atoms with van der Waals surface area (Å²) in [6, 6.07) is 9.94. The van der Waals surface area contributed by atoms with Gasteiger partial charge in [-0.1, -0.05) is 37.3 Å². The Balaban J connectivity index is 2.17. The van der Waals surface area contributed by atoms with E-state index in [9.17, 15) is 10.2 Å². The summed E-state index contributed by atoms with van der Waals surface area (Å²) in [4.78, 5) is 5.74. The van der Waals surface area contributed by atoms with Crippen LogP contribution in [-0.2, 0) is 4.84 Å². The third-order valence-electron chi connectivity index (χ3n) is 3.50. The number of hydrogen-bond donors (Lipinski definition) is 2. The highest BCUT2D eigenvalue weighted by atomic mass is 16.7. The molecule has 0 radical (unpaired) electrons.